The highest BCUT2D eigenvalue weighted by atomic mass is 32.1. The first-order chi connectivity index (χ1) is 12.7. The molecule has 1 N–H and O–H groups in total. The molecule has 1 amide bonds. The highest BCUT2D eigenvalue weighted by Crippen LogP contribution is 2.26. The van der Waals surface area contributed by atoms with E-state index in [1.807, 2.05) is 36.4 Å². The van der Waals surface area contributed by atoms with Crippen LogP contribution in [0.25, 0.3) is 10.6 Å². The summed E-state index contributed by atoms with van der Waals surface area (Å²) >= 11 is 1.42. The van der Waals surface area contributed by atoms with Crippen molar-refractivity contribution < 1.29 is 14.3 Å². The Morgan fingerprint density at radius 1 is 1.23 bits per heavy atom. The fraction of sp³-hybridized carbons (Fsp3) is 0.100. The van der Waals surface area contributed by atoms with Crippen molar-refractivity contribution in [2.45, 2.75) is 0 Å². The number of hydrogen-bond donors (Lipinski definition) is 1. The van der Waals surface area contributed by atoms with Gasteiger partial charge < -0.3 is 14.8 Å². The summed E-state index contributed by atoms with van der Waals surface area (Å²) in [4.78, 5) is 16.8. The maximum Gasteiger partial charge on any atom is 0.275 e. The standard InChI is InChI=1S/C20H18N2O3S/c1-3-11-25-16-9-7-14(8-10-16)20-22-18(13-26-20)19(23)21-15-5-4-6-17(12-15)24-2/h3-10,12-13H,1,11H2,2H3,(H,21,23). The molecule has 5 nitrogen and oxygen atoms in total. The lowest BCUT2D eigenvalue weighted by molar-refractivity contribution is 0.102. The molecule has 0 atom stereocenters. The zero-order valence-electron chi connectivity index (χ0n) is 14.3. The van der Waals surface area contributed by atoms with Crippen LogP contribution >= 0.6 is 11.3 Å². The fourth-order valence-corrected chi connectivity index (χ4v) is 3.06. The predicted molar refractivity (Wildman–Crippen MR) is 104 cm³/mol. The van der Waals surface area contributed by atoms with E-state index in [0.29, 0.717) is 23.7 Å². The van der Waals surface area contributed by atoms with Crippen LogP contribution in [-0.4, -0.2) is 24.6 Å². The Balaban J connectivity index is 1.70. The van der Waals surface area contributed by atoms with Crippen molar-refractivity contribution in [3.63, 3.8) is 0 Å². The number of benzene rings is 2. The van der Waals surface area contributed by atoms with Gasteiger partial charge >= 0.3 is 0 Å². The number of hydrogen-bond acceptors (Lipinski definition) is 5. The minimum atomic E-state index is -0.258. The van der Waals surface area contributed by atoms with Crippen molar-refractivity contribution in [2.75, 3.05) is 19.0 Å². The molecule has 0 unspecified atom stereocenters. The third-order valence-corrected chi connectivity index (χ3v) is 4.42. The fourth-order valence-electron chi connectivity index (χ4n) is 2.26. The van der Waals surface area contributed by atoms with E-state index < -0.39 is 0 Å². The topological polar surface area (TPSA) is 60.5 Å². The number of nitrogens with one attached hydrogen (secondary N) is 1. The Morgan fingerprint density at radius 3 is 2.77 bits per heavy atom. The lowest BCUT2D eigenvalue weighted by Gasteiger charge is -2.05. The number of ether oxygens (including phenoxy) is 2. The molecule has 1 heterocycles. The van der Waals surface area contributed by atoms with Crippen LogP contribution in [0.1, 0.15) is 10.5 Å². The summed E-state index contributed by atoms with van der Waals surface area (Å²) in [6.45, 7) is 4.09. The summed E-state index contributed by atoms with van der Waals surface area (Å²) in [6, 6.07) is 14.8. The molecule has 0 saturated heterocycles. The molecular weight excluding hydrogens is 348 g/mol. The SMILES string of the molecule is C=CCOc1ccc(-c2nc(C(=O)Nc3cccc(OC)c3)cs2)cc1. The van der Waals surface area contributed by atoms with Gasteiger partial charge in [-0.3, -0.25) is 4.79 Å². The van der Waals surface area contributed by atoms with Crippen molar-refractivity contribution in [3.05, 3.63) is 72.3 Å². The smallest absolute Gasteiger partial charge is 0.275 e. The van der Waals surface area contributed by atoms with Crippen molar-refractivity contribution >= 4 is 22.9 Å². The van der Waals surface area contributed by atoms with Gasteiger partial charge in [0.1, 0.15) is 28.8 Å². The third-order valence-electron chi connectivity index (χ3n) is 3.53. The van der Waals surface area contributed by atoms with Crippen molar-refractivity contribution in [1.29, 1.82) is 0 Å². The van der Waals surface area contributed by atoms with E-state index in [4.69, 9.17) is 9.47 Å². The van der Waals surface area contributed by atoms with Crippen LogP contribution in [0.5, 0.6) is 11.5 Å². The van der Waals surface area contributed by atoms with Crippen LogP contribution in [0.2, 0.25) is 0 Å². The molecule has 0 spiro atoms. The molecule has 3 rings (SSSR count). The predicted octanol–water partition coefficient (Wildman–Crippen LogP) is 4.64. The molecule has 0 radical (unpaired) electrons. The second-order valence-electron chi connectivity index (χ2n) is 5.35. The summed E-state index contributed by atoms with van der Waals surface area (Å²) in [5.41, 5.74) is 1.97. The molecule has 2 aromatic carbocycles. The van der Waals surface area contributed by atoms with E-state index in [-0.39, 0.29) is 5.91 Å². The van der Waals surface area contributed by atoms with E-state index in [9.17, 15) is 4.79 Å². The van der Waals surface area contributed by atoms with Crippen molar-refractivity contribution in [1.82, 2.24) is 4.98 Å². The first-order valence-electron chi connectivity index (χ1n) is 7.94. The monoisotopic (exact) mass is 366 g/mol. The Hall–Kier alpha value is -3.12. The second-order valence-corrected chi connectivity index (χ2v) is 6.21. The summed E-state index contributed by atoms with van der Waals surface area (Å²) in [5, 5.41) is 5.34. The largest absolute Gasteiger partial charge is 0.497 e. The molecule has 0 bridgehead atoms. The Bertz CT molecular complexity index is 903. The normalized spacial score (nSPS) is 10.2. The minimum absolute atomic E-state index is 0.258. The summed E-state index contributed by atoms with van der Waals surface area (Å²) in [7, 11) is 1.58. The zero-order chi connectivity index (χ0) is 18.4. The van der Waals surface area contributed by atoms with Gasteiger partial charge in [0.15, 0.2) is 0 Å². The molecule has 132 valence electrons. The van der Waals surface area contributed by atoms with Crippen LogP contribution in [-0.2, 0) is 0 Å². The number of methoxy groups -OCH3 is 1. The maximum absolute atomic E-state index is 12.4. The molecule has 26 heavy (non-hydrogen) atoms. The number of rotatable bonds is 7. The zero-order valence-corrected chi connectivity index (χ0v) is 15.1. The van der Waals surface area contributed by atoms with Crippen LogP contribution in [0, 0.1) is 0 Å². The number of carbonyl (C=O) groups is 1. The minimum Gasteiger partial charge on any atom is -0.497 e. The quantitative estimate of drug-likeness (QED) is 0.619. The lowest BCUT2D eigenvalue weighted by Crippen LogP contribution is -2.12. The highest BCUT2D eigenvalue weighted by Gasteiger charge is 2.12. The van der Waals surface area contributed by atoms with Gasteiger partial charge in [-0.2, -0.15) is 0 Å². The Kier molecular flexibility index (Phi) is 5.66. The number of aromatic nitrogens is 1. The van der Waals surface area contributed by atoms with Gasteiger partial charge in [0, 0.05) is 22.7 Å². The van der Waals surface area contributed by atoms with E-state index >= 15 is 0 Å². The third kappa shape index (κ3) is 4.29. The highest BCUT2D eigenvalue weighted by molar-refractivity contribution is 7.13. The van der Waals surface area contributed by atoms with Crippen LogP contribution in [0.4, 0.5) is 5.69 Å². The van der Waals surface area contributed by atoms with Gasteiger partial charge in [-0.05, 0) is 36.4 Å². The lowest BCUT2D eigenvalue weighted by atomic mass is 10.2. The van der Waals surface area contributed by atoms with E-state index in [0.717, 1.165) is 16.3 Å². The van der Waals surface area contributed by atoms with Gasteiger partial charge in [0.2, 0.25) is 0 Å². The number of carbonyl (C=O) groups excluding carboxylic acids is 1. The average molecular weight is 366 g/mol. The Labute approximate surface area is 155 Å². The van der Waals surface area contributed by atoms with Gasteiger partial charge in [0.05, 0.1) is 7.11 Å². The molecule has 3 aromatic rings. The number of amides is 1. The van der Waals surface area contributed by atoms with Gasteiger partial charge in [-0.25, -0.2) is 4.98 Å². The first-order valence-corrected chi connectivity index (χ1v) is 8.82. The summed E-state index contributed by atoms with van der Waals surface area (Å²) < 4.78 is 10.6. The summed E-state index contributed by atoms with van der Waals surface area (Å²) in [5.74, 6) is 1.19. The molecular formula is C20H18N2O3S. The van der Waals surface area contributed by atoms with Gasteiger partial charge in [0.25, 0.3) is 5.91 Å². The Morgan fingerprint density at radius 2 is 2.04 bits per heavy atom. The molecule has 6 heteroatoms. The maximum atomic E-state index is 12.4. The van der Waals surface area contributed by atoms with Crippen LogP contribution < -0.4 is 14.8 Å². The van der Waals surface area contributed by atoms with E-state index in [1.165, 1.54) is 11.3 Å². The molecule has 0 aliphatic rings. The molecule has 0 aliphatic carbocycles. The first kappa shape index (κ1) is 17.7. The molecule has 1 aromatic heterocycles. The van der Waals surface area contributed by atoms with Crippen LogP contribution in [0.3, 0.4) is 0 Å². The van der Waals surface area contributed by atoms with E-state index in [1.54, 1.807) is 30.7 Å². The summed E-state index contributed by atoms with van der Waals surface area (Å²) in [6.07, 6.45) is 1.70. The molecule has 0 fully saturated rings. The molecule has 0 saturated carbocycles. The van der Waals surface area contributed by atoms with Gasteiger partial charge in [-0.15, -0.1) is 11.3 Å². The average Bonchev–Trinajstić information content (AvgIpc) is 3.17. The number of nitrogens with zero attached hydrogens (tertiary/aromatic N) is 1. The van der Waals surface area contributed by atoms with Crippen molar-refractivity contribution in [2.24, 2.45) is 0 Å². The van der Waals surface area contributed by atoms with Gasteiger partial charge in [-0.1, -0.05) is 18.7 Å². The number of thiazole rings is 1. The van der Waals surface area contributed by atoms with Crippen LogP contribution in [0.15, 0.2) is 66.6 Å². The van der Waals surface area contributed by atoms with E-state index in [2.05, 4.69) is 16.9 Å². The second kappa shape index (κ2) is 8.31. The van der Waals surface area contributed by atoms with Crippen molar-refractivity contribution in [3.8, 4) is 22.1 Å². The molecule has 0 aliphatic heterocycles. The number of anilines is 1.